The summed E-state index contributed by atoms with van der Waals surface area (Å²) in [6.07, 6.45) is 0.775. The number of rotatable bonds is 5. The lowest BCUT2D eigenvalue weighted by molar-refractivity contribution is 0.187. The lowest BCUT2D eigenvalue weighted by Crippen LogP contribution is -2.08. The molecule has 0 N–H and O–H groups in total. The van der Waals surface area contributed by atoms with Crippen LogP contribution in [0.3, 0.4) is 0 Å². The van der Waals surface area contributed by atoms with Crippen LogP contribution in [0.4, 0.5) is 0 Å². The minimum absolute atomic E-state index is 0.581. The molecule has 0 saturated heterocycles. The Morgan fingerprint density at radius 2 is 2.29 bits per heavy atom. The summed E-state index contributed by atoms with van der Waals surface area (Å²) in [6.45, 7) is 1.48. The Morgan fingerprint density at radius 3 is 3.00 bits per heavy atom. The van der Waals surface area contributed by atoms with Crippen molar-refractivity contribution in [1.82, 2.24) is 9.55 Å². The van der Waals surface area contributed by atoms with Gasteiger partial charge in [-0.05, 0) is 18.2 Å². The molecule has 3 nitrogen and oxygen atoms in total. The highest BCUT2D eigenvalue weighted by atomic mass is 79.9. The first-order valence-corrected chi connectivity index (χ1v) is 6.78. The second-order valence-corrected chi connectivity index (χ2v) is 5.04. The minimum atomic E-state index is 0.581. The smallest absolute Gasteiger partial charge is 0.111 e. The molecule has 0 unspecified atom stereocenters. The SMILES string of the molecule is COCCn1c(CCCl)nc2ccc(Br)cc21. The third kappa shape index (κ3) is 2.81. The maximum absolute atomic E-state index is 5.81. The number of ether oxygens (including phenoxy) is 1. The Labute approximate surface area is 114 Å². The van der Waals surface area contributed by atoms with E-state index in [2.05, 4.69) is 31.5 Å². The van der Waals surface area contributed by atoms with Crippen LogP contribution >= 0.6 is 27.5 Å². The van der Waals surface area contributed by atoms with Gasteiger partial charge in [0.2, 0.25) is 0 Å². The third-order valence-electron chi connectivity index (χ3n) is 2.63. The number of benzene rings is 1. The number of fused-ring (bicyclic) bond motifs is 1. The van der Waals surface area contributed by atoms with E-state index in [0.29, 0.717) is 12.5 Å². The number of methoxy groups -OCH3 is 1. The van der Waals surface area contributed by atoms with Gasteiger partial charge in [-0.15, -0.1) is 11.6 Å². The molecule has 0 amide bonds. The number of imidazole rings is 1. The van der Waals surface area contributed by atoms with Gasteiger partial charge in [-0.2, -0.15) is 0 Å². The lowest BCUT2D eigenvalue weighted by atomic mass is 10.3. The fourth-order valence-electron chi connectivity index (χ4n) is 1.85. The van der Waals surface area contributed by atoms with Crippen molar-refractivity contribution < 1.29 is 4.74 Å². The van der Waals surface area contributed by atoms with Crippen LogP contribution in [0.2, 0.25) is 0 Å². The van der Waals surface area contributed by atoms with Gasteiger partial charge in [-0.25, -0.2) is 4.98 Å². The average Bonchev–Trinajstić information content (AvgIpc) is 2.64. The van der Waals surface area contributed by atoms with E-state index in [-0.39, 0.29) is 0 Å². The quantitative estimate of drug-likeness (QED) is 0.792. The van der Waals surface area contributed by atoms with E-state index < -0.39 is 0 Å². The van der Waals surface area contributed by atoms with Crippen LogP contribution < -0.4 is 0 Å². The minimum Gasteiger partial charge on any atom is -0.383 e. The van der Waals surface area contributed by atoms with Crippen molar-refractivity contribution in [2.45, 2.75) is 13.0 Å². The van der Waals surface area contributed by atoms with Crippen molar-refractivity contribution in [2.24, 2.45) is 0 Å². The predicted octanol–water partition coefficient (Wildman–Crippen LogP) is 3.23. The zero-order chi connectivity index (χ0) is 12.3. The summed E-state index contributed by atoms with van der Waals surface area (Å²) in [4.78, 5) is 4.60. The van der Waals surface area contributed by atoms with Crippen molar-refractivity contribution >= 4 is 38.6 Å². The van der Waals surface area contributed by atoms with Crippen LogP contribution in [-0.4, -0.2) is 29.1 Å². The Kier molecular flexibility index (Phi) is 4.42. The van der Waals surface area contributed by atoms with Crippen molar-refractivity contribution in [1.29, 1.82) is 0 Å². The summed E-state index contributed by atoms with van der Waals surface area (Å²) >= 11 is 9.29. The summed E-state index contributed by atoms with van der Waals surface area (Å²) in [6, 6.07) is 6.09. The zero-order valence-electron chi connectivity index (χ0n) is 9.62. The maximum Gasteiger partial charge on any atom is 0.111 e. The molecule has 5 heteroatoms. The van der Waals surface area contributed by atoms with Gasteiger partial charge in [-0.1, -0.05) is 15.9 Å². The molecule has 0 aliphatic carbocycles. The molecule has 0 aliphatic rings. The molecule has 0 saturated carbocycles. The highest BCUT2D eigenvalue weighted by molar-refractivity contribution is 9.10. The van der Waals surface area contributed by atoms with E-state index in [0.717, 1.165) is 34.3 Å². The molecule has 2 aromatic rings. The Hall–Kier alpha value is -0.580. The number of hydrogen-bond acceptors (Lipinski definition) is 2. The van der Waals surface area contributed by atoms with Gasteiger partial charge < -0.3 is 9.30 Å². The number of halogens is 2. The molecule has 92 valence electrons. The molecule has 0 fully saturated rings. The number of nitrogens with zero attached hydrogens (tertiary/aromatic N) is 2. The first-order chi connectivity index (χ1) is 8.26. The van der Waals surface area contributed by atoms with E-state index >= 15 is 0 Å². The highest BCUT2D eigenvalue weighted by Crippen LogP contribution is 2.21. The normalized spacial score (nSPS) is 11.2. The lowest BCUT2D eigenvalue weighted by Gasteiger charge is -2.07. The van der Waals surface area contributed by atoms with Gasteiger partial charge in [0.15, 0.2) is 0 Å². The predicted molar refractivity (Wildman–Crippen MR) is 73.7 cm³/mol. The van der Waals surface area contributed by atoms with Gasteiger partial charge >= 0.3 is 0 Å². The Bertz CT molecular complexity index is 512. The largest absolute Gasteiger partial charge is 0.383 e. The van der Waals surface area contributed by atoms with Gasteiger partial charge in [0.1, 0.15) is 5.82 Å². The molecule has 0 bridgehead atoms. The fourth-order valence-corrected chi connectivity index (χ4v) is 2.37. The summed E-state index contributed by atoms with van der Waals surface area (Å²) in [7, 11) is 1.70. The number of alkyl halides is 1. The van der Waals surface area contributed by atoms with Gasteiger partial charge in [0.05, 0.1) is 17.6 Å². The van der Waals surface area contributed by atoms with Crippen molar-refractivity contribution in [3.63, 3.8) is 0 Å². The van der Waals surface area contributed by atoms with Crippen LogP contribution in [0.5, 0.6) is 0 Å². The maximum atomic E-state index is 5.81. The summed E-state index contributed by atoms with van der Waals surface area (Å²) < 4.78 is 8.36. The molecule has 0 atom stereocenters. The average molecular weight is 318 g/mol. The molecule has 0 aliphatic heterocycles. The van der Waals surface area contributed by atoms with Gasteiger partial charge in [-0.3, -0.25) is 0 Å². The van der Waals surface area contributed by atoms with Crippen molar-refractivity contribution in [2.75, 3.05) is 19.6 Å². The molecule has 2 rings (SSSR count). The van der Waals surface area contributed by atoms with Crippen LogP contribution in [-0.2, 0) is 17.7 Å². The molecular formula is C12H14BrClN2O. The monoisotopic (exact) mass is 316 g/mol. The van der Waals surface area contributed by atoms with Crippen LogP contribution in [0, 0.1) is 0 Å². The number of aryl methyl sites for hydroxylation is 1. The standard InChI is InChI=1S/C12H14BrClN2O/c1-17-7-6-16-11-8-9(13)2-3-10(11)15-12(16)4-5-14/h2-3,8H,4-7H2,1H3. The van der Waals surface area contributed by atoms with E-state index in [9.17, 15) is 0 Å². The second kappa shape index (κ2) is 5.85. The molecule has 1 heterocycles. The number of hydrogen-bond donors (Lipinski definition) is 0. The zero-order valence-corrected chi connectivity index (χ0v) is 12.0. The Balaban J connectivity index is 2.47. The van der Waals surface area contributed by atoms with E-state index in [1.807, 2.05) is 12.1 Å². The topological polar surface area (TPSA) is 27.1 Å². The van der Waals surface area contributed by atoms with E-state index in [1.54, 1.807) is 7.11 Å². The van der Waals surface area contributed by atoms with E-state index in [1.165, 1.54) is 0 Å². The van der Waals surface area contributed by atoms with Crippen molar-refractivity contribution in [3.8, 4) is 0 Å². The highest BCUT2D eigenvalue weighted by Gasteiger charge is 2.10. The molecule has 0 spiro atoms. The van der Waals surface area contributed by atoms with Gasteiger partial charge in [0, 0.05) is 30.4 Å². The first kappa shape index (κ1) is 12.9. The third-order valence-corrected chi connectivity index (χ3v) is 3.31. The molecule has 17 heavy (non-hydrogen) atoms. The molecule has 1 aromatic heterocycles. The Morgan fingerprint density at radius 1 is 1.47 bits per heavy atom. The van der Waals surface area contributed by atoms with E-state index in [4.69, 9.17) is 16.3 Å². The van der Waals surface area contributed by atoms with Crippen LogP contribution in [0.15, 0.2) is 22.7 Å². The summed E-state index contributed by atoms with van der Waals surface area (Å²) in [5.74, 6) is 1.60. The number of aromatic nitrogens is 2. The molecule has 1 aromatic carbocycles. The van der Waals surface area contributed by atoms with Crippen molar-refractivity contribution in [3.05, 3.63) is 28.5 Å². The van der Waals surface area contributed by atoms with Crippen LogP contribution in [0.25, 0.3) is 11.0 Å². The fraction of sp³-hybridized carbons (Fsp3) is 0.417. The first-order valence-electron chi connectivity index (χ1n) is 5.46. The summed E-state index contributed by atoms with van der Waals surface area (Å²) in [5.41, 5.74) is 2.13. The molecule has 0 radical (unpaired) electrons. The van der Waals surface area contributed by atoms with Crippen LogP contribution in [0.1, 0.15) is 5.82 Å². The second-order valence-electron chi connectivity index (χ2n) is 3.74. The molecular weight excluding hydrogens is 304 g/mol. The van der Waals surface area contributed by atoms with Gasteiger partial charge in [0.25, 0.3) is 0 Å². The summed E-state index contributed by atoms with van der Waals surface area (Å²) in [5, 5.41) is 0.